The Hall–Kier alpha value is -2.75. The molecule has 1 amide bonds. The Bertz CT molecular complexity index is 1130. The molecule has 1 N–H and O–H groups in total. The summed E-state index contributed by atoms with van der Waals surface area (Å²) in [6.07, 6.45) is -1.78. The van der Waals surface area contributed by atoms with Crippen LogP contribution in [-0.2, 0) is 6.42 Å². The quantitative estimate of drug-likeness (QED) is 0.511. The van der Waals surface area contributed by atoms with E-state index < -0.39 is 24.2 Å². The Kier molecular flexibility index (Phi) is 4.84. The second kappa shape index (κ2) is 7.44. The zero-order chi connectivity index (χ0) is 21.8. The van der Waals surface area contributed by atoms with Gasteiger partial charge < -0.3 is 14.6 Å². The average Bonchev–Trinajstić information content (AvgIpc) is 3.40. The van der Waals surface area contributed by atoms with E-state index in [0.29, 0.717) is 12.3 Å². The first-order chi connectivity index (χ1) is 14.8. The second-order valence-corrected chi connectivity index (χ2v) is 8.44. The van der Waals surface area contributed by atoms with Gasteiger partial charge in [-0.3, -0.25) is 4.79 Å². The summed E-state index contributed by atoms with van der Waals surface area (Å²) >= 11 is 3.34. The lowest BCUT2D eigenvalue weighted by atomic mass is 10.0. The molecule has 0 saturated heterocycles. The highest BCUT2D eigenvalue weighted by atomic mass is 79.9. The fourth-order valence-electron chi connectivity index (χ4n) is 4.27. The monoisotopic (exact) mass is 494 g/mol. The number of nitrogens with zero attached hydrogens (tertiary/aromatic N) is 3. The summed E-state index contributed by atoms with van der Waals surface area (Å²) in [5.41, 5.74) is 1.75. The molecule has 2 aromatic heterocycles. The number of carbonyl (C=O) groups is 1. The van der Waals surface area contributed by atoms with E-state index in [4.69, 9.17) is 4.42 Å². The fraction of sp³-hybridized carbons (Fsp3) is 0.333. The number of aryl methyl sites for hydroxylation is 1. The molecule has 0 saturated carbocycles. The van der Waals surface area contributed by atoms with E-state index in [-0.39, 0.29) is 22.4 Å². The van der Waals surface area contributed by atoms with Crippen LogP contribution in [0.3, 0.4) is 0 Å². The van der Waals surface area contributed by atoms with Gasteiger partial charge in [0.1, 0.15) is 11.6 Å². The van der Waals surface area contributed by atoms with E-state index in [2.05, 4.69) is 26.3 Å². The van der Waals surface area contributed by atoms with Crippen LogP contribution in [0.4, 0.5) is 24.7 Å². The minimum atomic E-state index is -4.54. The van der Waals surface area contributed by atoms with Crippen molar-refractivity contribution in [2.75, 3.05) is 16.8 Å². The van der Waals surface area contributed by atoms with Crippen LogP contribution < -0.4 is 10.2 Å². The molecule has 3 aromatic rings. The number of alkyl halides is 3. The van der Waals surface area contributed by atoms with E-state index in [9.17, 15) is 18.0 Å². The second-order valence-electron chi connectivity index (χ2n) is 7.65. The lowest BCUT2D eigenvalue weighted by Gasteiger charge is -2.32. The predicted molar refractivity (Wildman–Crippen MR) is 111 cm³/mol. The third-order valence-electron chi connectivity index (χ3n) is 5.74. The number of hydrogen-bond donors (Lipinski definition) is 1. The first-order valence-electron chi connectivity index (χ1n) is 9.89. The number of amides is 1. The van der Waals surface area contributed by atoms with Crippen molar-refractivity contribution in [2.45, 2.75) is 37.5 Å². The van der Waals surface area contributed by atoms with E-state index in [1.807, 2.05) is 24.3 Å². The summed E-state index contributed by atoms with van der Waals surface area (Å²) in [6.45, 7) is 0.482. The number of halogens is 4. The van der Waals surface area contributed by atoms with Crippen molar-refractivity contribution in [3.63, 3.8) is 0 Å². The van der Waals surface area contributed by atoms with Crippen LogP contribution in [0.25, 0.3) is 0 Å². The molecule has 4 heterocycles. The van der Waals surface area contributed by atoms with Crippen molar-refractivity contribution >= 4 is 33.3 Å². The van der Waals surface area contributed by atoms with E-state index in [0.717, 1.165) is 28.8 Å². The predicted octanol–water partition coefficient (Wildman–Crippen LogP) is 5.49. The molecular formula is C21H18BrF3N4O2. The zero-order valence-electron chi connectivity index (χ0n) is 16.2. The molecule has 0 radical (unpaired) electrons. The highest BCUT2D eigenvalue weighted by molar-refractivity contribution is 9.10. The molecule has 6 nitrogen and oxygen atoms in total. The largest absolute Gasteiger partial charge is 0.467 e. The lowest BCUT2D eigenvalue weighted by Crippen LogP contribution is -2.37. The molecule has 2 atom stereocenters. The van der Waals surface area contributed by atoms with Crippen LogP contribution in [0.15, 0.2) is 51.6 Å². The van der Waals surface area contributed by atoms with Gasteiger partial charge in [-0.1, -0.05) is 18.2 Å². The van der Waals surface area contributed by atoms with Gasteiger partial charge in [0.2, 0.25) is 0 Å². The van der Waals surface area contributed by atoms with Crippen LogP contribution in [0, 0.1) is 0 Å². The number of nitrogens with one attached hydrogen (secondary N) is 1. The maximum atomic E-state index is 13.9. The Morgan fingerprint density at radius 2 is 2.03 bits per heavy atom. The van der Waals surface area contributed by atoms with Crippen molar-refractivity contribution in [1.82, 2.24) is 9.78 Å². The van der Waals surface area contributed by atoms with Crippen LogP contribution in [-0.4, -0.2) is 28.4 Å². The molecule has 0 spiro atoms. The number of hydrogen-bond acceptors (Lipinski definition) is 4. The average molecular weight is 495 g/mol. The standard InChI is InChI=1S/C21H18BrF3N4O2/c22-17-18(20(30)28-9-3-6-12-5-1-2-7-14(12)28)27-29-16(21(23,24)25)11-13(26-19(17)29)15-8-4-10-31-15/h1-2,4-5,7-8,10,13,16,26H,3,6,9,11H2/t13-,16-/m0/s1. The number of anilines is 2. The van der Waals surface area contributed by atoms with Gasteiger partial charge in [-0.05, 0) is 52.5 Å². The number of aromatic nitrogens is 2. The van der Waals surface area contributed by atoms with Gasteiger partial charge in [-0.15, -0.1) is 0 Å². The summed E-state index contributed by atoms with van der Waals surface area (Å²) in [5, 5.41) is 7.18. The molecule has 0 unspecified atom stereocenters. The Morgan fingerprint density at radius 1 is 1.23 bits per heavy atom. The summed E-state index contributed by atoms with van der Waals surface area (Å²) in [4.78, 5) is 14.9. The zero-order valence-corrected chi connectivity index (χ0v) is 17.8. The minimum Gasteiger partial charge on any atom is -0.467 e. The summed E-state index contributed by atoms with van der Waals surface area (Å²) in [7, 11) is 0. The van der Waals surface area contributed by atoms with Crippen LogP contribution in [0.1, 0.15) is 46.7 Å². The molecule has 1 aromatic carbocycles. The van der Waals surface area contributed by atoms with Gasteiger partial charge in [-0.25, -0.2) is 4.68 Å². The summed E-state index contributed by atoms with van der Waals surface area (Å²) < 4.78 is 48.1. The van der Waals surface area contributed by atoms with Crippen LogP contribution >= 0.6 is 15.9 Å². The molecule has 162 valence electrons. The van der Waals surface area contributed by atoms with Gasteiger partial charge in [0.25, 0.3) is 5.91 Å². The number of para-hydroxylation sites is 1. The molecule has 5 rings (SSSR count). The molecule has 10 heteroatoms. The fourth-order valence-corrected chi connectivity index (χ4v) is 4.82. The smallest absolute Gasteiger partial charge is 0.410 e. The molecule has 2 aliphatic rings. The summed E-state index contributed by atoms with van der Waals surface area (Å²) in [5.74, 6) is 0.0771. The lowest BCUT2D eigenvalue weighted by molar-refractivity contribution is -0.174. The number of rotatable bonds is 2. The van der Waals surface area contributed by atoms with Gasteiger partial charge in [0, 0.05) is 18.7 Å². The van der Waals surface area contributed by atoms with Crippen LogP contribution in [0.5, 0.6) is 0 Å². The third-order valence-corrected chi connectivity index (χ3v) is 6.49. The Labute approximate surface area is 184 Å². The normalized spacial score (nSPS) is 20.7. The van der Waals surface area contributed by atoms with E-state index >= 15 is 0 Å². The topological polar surface area (TPSA) is 63.3 Å². The molecule has 0 fully saturated rings. The van der Waals surface area contributed by atoms with Gasteiger partial charge >= 0.3 is 6.18 Å². The Morgan fingerprint density at radius 3 is 2.77 bits per heavy atom. The van der Waals surface area contributed by atoms with E-state index in [1.165, 1.54) is 6.26 Å². The van der Waals surface area contributed by atoms with Crippen LogP contribution in [0.2, 0.25) is 0 Å². The van der Waals surface area contributed by atoms with Crippen molar-refractivity contribution < 1.29 is 22.4 Å². The molecular weight excluding hydrogens is 477 g/mol. The number of benzene rings is 1. The highest BCUT2D eigenvalue weighted by Gasteiger charge is 2.48. The summed E-state index contributed by atoms with van der Waals surface area (Å²) in [6, 6.07) is 8.23. The molecule has 2 aliphatic heterocycles. The van der Waals surface area contributed by atoms with Gasteiger partial charge in [-0.2, -0.15) is 18.3 Å². The highest BCUT2D eigenvalue weighted by Crippen LogP contribution is 2.46. The number of carbonyl (C=O) groups excluding carboxylic acids is 1. The molecule has 0 bridgehead atoms. The maximum Gasteiger partial charge on any atom is 0.410 e. The van der Waals surface area contributed by atoms with Crippen molar-refractivity contribution in [2.24, 2.45) is 0 Å². The molecule has 31 heavy (non-hydrogen) atoms. The van der Waals surface area contributed by atoms with Crippen molar-refractivity contribution in [3.05, 3.63) is 64.2 Å². The number of fused-ring (bicyclic) bond motifs is 2. The molecule has 0 aliphatic carbocycles. The third kappa shape index (κ3) is 3.42. The minimum absolute atomic E-state index is 0.0476. The number of furan rings is 1. The Balaban J connectivity index is 1.56. The van der Waals surface area contributed by atoms with Gasteiger partial charge in [0.15, 0.2) is 11.7 Å². The van der Waals surface area contributed by atoms with E-state index in [1.54, 1.807) is 17.0 Å². The maximum absolute atomic E-state index is 13.9. The van der Waals surface area contributed by atoms with Crippen molar-refractivity contribution in [1.29, 1.82) is 0 Å². The first kappa shape index (κ1) is 20.2. The van der Waals surface area contributed by atoms with Crippen molar-refractivity contribution in [3.8, 4) is 0 Å². The SMILES string of the molecule is O=C(c1nn2c(c1Br)N[C@H](c1ccco1)C[C@H]2C(F)(F)F)N1CCCc2ccccc21. The first-order valence-corrected chi connectivity index (χ1v) is 10.7. The van der Waals surface area contributed by atoms with Gasteiger partial charge in [0.05, 0.1) is 16.8 Å².